The number of aliphatic imine (C=N–C) groups is 1. The SMILES string of the molecule is CCSC1CCCC(NC(=NC)NCCOc2cccnc2)C1.I. The van der Waals surface area contributed by atoms with Crippen LogP contribution in [0.15, 0.2) is 29.5 Å². The van der Waals surface area contributed by atoms with Crippen LogP contribution in [0.25, 0.3) is 0 Å². The Morgan fingerprint density at radius 2 is 2.33 bits per heavy atom. The Kier molecular flexibility index (Phi) is 11.2. The maximum Gasteiger partial charge on any atom is 0.191 e. The fourth-order valence-electron chi connectivity index (χ4n) is 2.82. The molecule has 1 aliphatic carbocycles. The van der Waals surface area contributed by atoms with Crippen LogP contribution >= 0.6 is 35.7 Å². The molecular formula is C17H29IN4OS. The third-order valence-corrected chi connectivity index (χ3v) is 5.12. The Labute approximate surface area is 166 Å². The summed E-state index contributed by atoms with van der Waals surface area (Å²) in [6.45, 7) is 3.55. The van der Waals surface area contributed by atoms with E-state index in [1.807, 2.05) is 19.2 Å². The first-order valence-corrected chi connectivity index (χ1v) is 9.48. The highest BCUT2D eigenvalue weighted by atomic mass is 127. The molecule has 2 N–H and O–H groups in total. The monoisotopic (exact) mass is 464 g/mol. The molecule has 0 bridgehead atoms. The molecule has 1 aromatic rings. The molecule has 1 fully saturated rings. The van der Waals surface area contributed by atoms with Crippen molar-refractivity contribution in [1.82, 2.24) is 15.6 Å². The van der Waals surface area contributed by atoms with Crippen molar-refractivity contribution in [3.05, 3.63) is 24.5 Å². The second kappa shape index (κ2) is 12.6. The molecular weight excluding hydrogens is 435 g/mol. The summed E-state index contributed by atoms with van der Waals surface area (Å²) in [5, 5.41) is 7.66. The Morgan fingerprint density at radius 3 is 3.04 bits per heavy atom. The van der Waals surface area contributed by atoms with Gasteiger partial charge in [0, 0.05) is 24.5 Å². The molecule has 1 aromatic heterocycles. The lowest BCUT2D eigenvalue weighted by Gasteiger charge is -2.30. The molecule has 7 heteroatoms. The molecule has 2 unspecified atom stereocenters. The van der Waals surface area contributed by atoms with E-state index in [9.17, 15) is 0 Å². The molecule has 0 spiro atoms. The van der Waals surface area contributed by atoms with Crippen molar-refractivity contribution in [1.29, 1.82) is 0 Å². The molecule has 0 aromatic carbocycles. The summed E-state index contributed by atoms with van der Waals surface area (Å²) >= 11 is 2.08. The van der Waals surface area contributed by atoms with Gasteiger partial charge in [0.2, 0.25) is 0 Å². The predicted molar refractivity (Wildman–Crippen MR) is 114 cm³/mol. The molecule has 136 valence electrons. The van der Waals surface area contributed by atoms with E-state index in [-0.39, 0.29) is 24.0 Å². The third kappa shape index (κ3) is 7.92. The van der Waals surface area contributed by atoms with Crippen molar-refractivity contribution in [2.24, 2.45) is 4.99 Å². The zero-order valence-electron chi connectivity index (χ0n) is 14.5. The Bertz CT molecular complexity index is 473. The first-order valence-electron chi connectivity index (χ1n) is 8.43. The van der Waals surface area contributed by atoms with Crippen LogP contribution in [0.3, 0.4) is 0 Å². The Morgan fingerprint density at radius 1 is 1.46 bits per heavy atom. The molecule has 2 atom stereocenters. The van der Waals surface area contributed by atoms with E-state index in [1.165, 1.54) is 31.4 Å². The number of aromatic nitrogens is 1. The van der Waals surface area contributed by atoms with E-state index in [0.717, 1.165) is 17.0 Å². The Balaban J connectivity index is 0.00000288. The second-order valence-corrected chi connectivity index (χ2v) is 7.20. The molecule has 5 nitrogen and oxygen atoms in total. The van der Waals surface area contributed by atoms with Gasteiger partial charge >= 0.3 is 0 Å². The van der Waals surface area contributed by atoms with Gasteiger partial charge in [-0.15, -0.1) is 24.0 Å². The second-order valence-electron chi connectivity index (χ2n) is 5.62. The van der Waals surface area contributed by atoms with Crippen LogP contribution in [0.2, 0.25) is 0 Å². The van der Waals surface area contributed by atoms with Crippen molar-refractivity contribution >= 4 is 41.7 Å². The van der Waals surface area contributed by atoms with Crippen LogP contribution in [0.1, 0.15) is 32.6 Å². The van der Waals surface area contributed by atoms with E-state index in [0.29, 0.717) is 19.2 Å². The summed E-state index contributed by atoms with van der Waals surface area (Å²) in [6, 6.07) is 4.31. The molecule has 24 heavy (non-hydrogen) atoms. The molecule has 2 rings (SSSR count). The van der Waals surface area contributed by atoms with Crippen LogP contribution in [0.4, 0.5) is 0 Å². The number of thioether (sulfide) groups is 1. The number of nitrogens with zero attached hydrogens (tertiary/aromatic N) is 2. The summed E-state index contributed by atoms with van der Waals surface area (Å²) in [5.41, 5.74) is 0. The maximum absolute atomic E-state index is 5.63. The summed E-state index contributed by atoms with van der Waals surface area (Å²) in [7, 11) is 1.82. The highest BCUT2D eigenvalue weighted by molar-refractivity contribution is 14.0. The van der Waals surface area contributed by atoms with Crippen LogP contribution in [0.5, 0.6) is 5.75 Å². The van der Waals surface area contributed by atoms with Crippen LogP contribution < -0.4 is 15.4 Å². The minimum atomic E-state index is 0. The van der Waals surface area contributed by atoms with Crippen LogP contribution in [-0.4, -0.2) is 48.2 Å². The van der Waals surface area contributed by atoms with E-state index < -0.39 is 0 Å². The van der Waals surface area contributed by atoms with E-state index in [4.69, 9.17) is 4.74 Å². The van der Waals surface area contributed by atoms with Gasteiger partial charge in [-0.3, -0.25) is 9.98 Å². The first kappa shape index (κ1) is 21.3. The minimum absolute atomic E-state index is 0. The van der Waals surface area contributed by atoms with Gasteiger partial charge in [0.25, 0.3) is 0 Å². The van der Waals surface area contributed by atoms with Crippen LogP contribution in [-0.2, 0) is 0 Å². The smallest absolute Gasteiger partial charge is 0.191 e. The number of guanidine groups is 1. The topological polar surface area (TPSA) is 58.5 Å². The summed E-state index contributed by atoms with van der Waals surface area (Å²) in [6.07, 6.45) is 8.57. The van der Waals surface area contributed by atoms with Gasteiger partial charge in [0.15, 0.2) is 5.96 Å². The predicted octanol–water partition coefficient (Wildman–Crippen LogP) is 3.31. The first-order chi connectivity index (χ1) is 11.3. The molecule has 0 aliphatic heterocycles. The van der Waals surface area contributed by atoms with Crippen molar-refractivity contribution in [2.45, 2.75) is 43.9 Å². The molecule has 0 saturated heterocycles. The van der Waals surface area contributed by atoms with Crippen molar-refractivity contribution in [2.75, 3.05) is 26.0 Å². The van der Waals surface area contributed by atoms with E-state index in [2.05, 4.69) is 39.3 Å². The van der Waals surface area contributed by atoms with Gasteiger partial charge in [-0.05, 0) is 37.1 Å². The van der Waals surface area contributed by atoms with Crippen molar-refractivity contribution < 1.29 is 4.74 Å². The maximum atomic E-state index is 5.63. The van der Waals surface area contributed by atoms with Crippen molar-refractivity contribution in [3.8, 4) is 5.75 Å². The zero-order valence-corrected chi connectivity index (χ0v) is 17.7. The lowest BCUT2D eigenvalue weighted by Crippen LogP contribution is -2.46. The number of ether oxygens (including phenoxy) is 1. The number of hydrogen-bond acceptors (Lipinski definition) is 4. The normalized spacial score (nSPS) is 20.8. The number of nitrogens with one attached hydrogen (secondary N) is 2. The lowest BCUT2D eigenvalue weighted by molar-refractivity contribution is 0.320. The molecule has 1 aliphatic rings. The van der Waals surface area contributed by atoms with Crippen LogP contribution in [0, 0.1) is 0 Å². The van der Waals surface area contributed by atoms with Crippen molar-refractivity contribution in [3.63, 3.8) is 0 Å². The average Bonchev–Trinajstić information content (AvgIpc) is 2.59. The highest BCUT2D eigenvalue weighted by Gasteiger charge is 2.22. The van der Waals surface area contributed by atoms with E-state index >= 15 is 0 Å². The highest BCUT2D eigenvalue weighted by Crippen LogP contribution is 2.28. The molecule has 0 amide bonds. The van der Waals surface area contributed by atoms with Gasteiger partial charge in [0.1, 0.15) is 12.4 Å². The standard InChI is InChI=1S/C17H28N4OS.HI/c1-3-23-16-8-4-6-14(12-16)21-17(18-2)20-10-11-22-15-7-5-9-19-13-15;/h5,7,9,13-14,16H,3-4,6,8,10-12H2,1-2H3,(H2,18,20,21);1H. The average molecular weight is 464 g/mol. The van der Waals surface area contributed by atoms with Gasteiger partial charge < -0.3 is 15.4 Å². The van der Waals surface area contributed by atoms with Gasteiger partial charge in [-0.25, -0.2) is 0 Å². The Hall–Kier alpha value is -0.700. The lowest BCUT2D eigenvalue weighted by atomic mass is 9.95. The summed E-state index contributed by atoms with van der Waals surface area (Å²) in [5.74, 6) is 2.87. The number of pyridine rings is 1. The minimum Gasteiger partial charge on any atom is -0.490 e. The van der Waals surface area contributed by atoms with Gasteiger partial charge in [-0.2, -0.15) is 11.8 Å². The third-order valence-electron chi connectivity index (χ3n) is 3.89. The molecule has 0 radical (unpaired) electrons. The number of halogens is 1. The van der Waals surface area contributed by atoms with E-state index in [1.54, 1.807) is 12.4 Å². The summed E-state index contributed by atoms with van der Waals surface area (Å²) < 4.78 is 5.63. The fourth-order valence-corrected chi connectivity index (χ4v) is 4.00. The zero-order chi connectivity index (χ0) is 16.3. The fraction of sp³-hybridized carbons (Fsp3) is 0.647. The number of hydrogen-bond donors (Lipinski definition) is 2. The van der Waals surface area contributed by atoms with Gasteiger partial charge in [-0.1, -0.05) is 13.3 Å². The van der Waals surface area contributed by atoms with Gasteiger partial charge in [0.05, 0.1) is 12.7 Å². The quantitative estimate of drug-likeness (QED) is 0.281. The summed E-state index contributed by atoms with van der Waals surface area (Å²) in [4.78, 5) is 8.35. The largest absolute Gasteiger partial charge is 0.490 e. The molecule has 1 heterocycles. The number of rotatable bonds is 7. The molecule has 1 saturated carbocycles.